The third kappa shape index (κ3) is 3.92. The predicted molar refractivity (Wildman–Crippen MR) is 50.3 cm³/mol. The van der Waals surface area contributed by atoms with Crippen molar-refractivity contribution >= 4 is 0 Å². The second-order valence-electron chi connectivity index (χ2n) is 2.96. The molecule has 0 aliphatic rings. The van der Waals surface area contributed by atoms with Crippen molar-refractivity contribution < 1.29 is 0 Å². The van der Waals surface area contributed by atoms with Gasteiger partial charge in [-0.05, 0) is 11.8 Å². The Morgan fingerprint density at radius 1 is 0.900 bits per heavy atom. The van der Waals surface area contributed by atoms with Gasteiger partial charge in [0.25, 0.3) is 0 Å². The molecule has 0 spiro atoms. The van der Waals surface area contributed by atoms with Gasteiger partial charge >= 0.3 is 0 Å². The molecular formula is C10H24. The minimum atomic E-state index is 0. The lowest BCUT2D eigenvalue weighted by atomic mass is 9.88. The average molecular weight is 144 g/mol. The summed E-state index contributed by atoms with van der Waals surface area (Å²) < 4.78 is 0. The Morgan fingerprint density at radius 2 is 1.30 bits per heavy atom. The molecule has 0 heterocycles. The van der Waals surface area contributed by atoms with Crippen LogP contribution >= 0.6 is 0 Å². The fraction of sp³-hybridized carbons (Fsp3) is 1.00. The lowest BCUT2D eigenvalue weighted by Crippen LogP contribution is -2.07. The van der Waals surface area contributed by atoms with E-state index in [-0.39, 0.29) is 7.43 Å². The molecule has 0 aliphatic heterocycles. The molecule has 0 saturated heterocycles. The second-order valence-corrected chi connectivity index (χ2v) is 2.96. The van der Waals surface area contributed by atoms with Gasteiger partial charge in [-0.1, -0.05) is 54.4 Å². The van der Waals surface area contributed by atoms with Gasteiger partial charge in [-0.25, -0.2) is 0 Å². The maximum Gasteiger partial charge on any atom is -0.0394 e. The molecule has 0 amide bonds. The van der Waals surface area contributed by atoms with E-state index in [1.54, 1.807) is 0 Å². The van der Waals surface area contributed by atoms with Crippen molar-refractivity contribution in [2.45, 2.75) is 54.4 Å². The SMILES string of the molecule is C.CCC(CC)[C@H](C)CC. The topological polar surface area (TPSA) is 0 Å². The molecule has 0 aromatic rings. The fourth-order valence-electron chi connectivity index (χ4n) is 1.43. The van der Waals surface area contributed by atoms with Gasteiger partial charge in [-0.2, -0.15) is 0 Å². The van der Waals surface area contributed by atoms with E-state index in [4.69, 9.17) is 0 Å². The molecule has 0 aliphatic carbocycles. The number of hydrogen-bond donors (Lipinski definition) is 0. The van der Waals surface area contributed by atoms with Crippen LogP contribution in [0.1, 0.15) is 54.4 Å². The van der Waals surface area contributed by atoms with E-state index < -0.39 is 0 Å². The molecule has 0 aromatic heterocycles. The molecule has 0 rings (SSSR count). The van der Waals surface area contributed by atoms with Crippen LogP contribution in [0.3, 0.4) is 0 Å². The first-order valence-electron chi connectivity index (χ1n) is 4.26. The van der Waals surface area contributed by atoms with Crippen molar-refractivity contribution in [1.29, 1.82) is 0 Å². The summed E-state index contributed by atoms with van der Waals surface area (Å²) in [6.07, 6.45) is 4.04. The van der Waals surface area contributed by atoms with E-state index in [0.717, 1.165) is 11.8 Å². The van der Waals surface area contributed by atoms with Gasteiger partial charge in [0.05, 0.1) is 0 Å². The van der Waals surface area contributed by atoms with Crippen molar-refractivity contribution in [3.63, 3.8) is 0 Å². The van der Waals surface area contributed by atoms with Crippen molar-refractivity contribution in [1.82, 2.24) is 0 Å². The molecule has 0 nitrogen and oxygen atoms in total. The molecule has 0 unspecified atom stereocenters. The van der Waals surface area contributed by atoms with Crippen molar-refractivity contribution in [2.75, 3.05) is 0 Å². The molecule has 0 fully saturated rings. The summed E-state index contributed by atoms with van der Waals surface area (Å²) in [4.78, 5) is 0. The Labute approximate surface area is 67.0 Å². The summed E-state index contributed by atoms with van der Waals surface area (Å²) >= 11 is 0. The third-order valence-corrected chi connectivity index (χ3v) is 2.50. The van der Waals surface area contributed by atoms with Crippen LogP contribution in [0.4, 0.5) is 0 Å². The van der Waals surface area contributed by atoms with Crippen LogP contribution in [0.15, 0.2) is 0 Å². The van der Waals surface area contributed by atoms with Crippen LogP contribution in [-0.2, 0) is 0 Å². The van der Waals surface area contributed by atoms with Crippen LogP contribution in [0.25, 0.3) is 0 Å². The van der Waals surface area contributed by atoms with Crippen molar-refractivity contribution in [2.24, 2.45) is 11.8 Å². The summed E-state index contributed by atoms with van der Waals surface area (Å²) in [6, 6.07) is 0. The van der Waals surface area contributed by atoms with Crippen LogP contribution in [0.2, 0.25) is 0 Å². The van der Waals surface area contributed by atoms with E-state index in [2.05, 4.69) is 27.7 Å². The molecule has 0 bridgehead atoms. The van der Waals surface area contributed by atoms with Crippen molar-refractivity contribution in [3.05, 3.63) is 0 Å². The Bertz CT molecular complexity index is 53.1. The lowest BCUT2D eigenvalue weighted by Gasteiger charge is -2.18. The first kappa shape index (κ1) is 12.7. The highest BCUT2D eigenvalue weighted by atomic mass is 14.2. The Balaban J connectivity index is 0. The van der Waals surface area contributed by atoms with E-state index in [0.29, 0.717) is 0 Å². The fourth-order valence-corrected chi connectivity index (χ4v) is 1.43. The first-order valence-corrected chi connectivity index (χ1v) is 4.26. The summed E-state index contributed by atoms with van der Waals surface area (Å²) in [5.41, 5.74) is 0. The van der Waals surface area contributed by atoms with E-state index >= 15 is 0 Å². The molecule has 0 N–H and O–H groups in total. The highest BCUT2D eigenvalue weighted by molar-refractivity contribution is 4.60. The van der Waals surface area contributed by atoms with Crippen LogP contribution in [0.5, 0.6) is 0 Å². The highest BCUT2D eigenvalue weighted by Gasteiger charge is 2.09. The molecule has 0 radical (unpaired) electrons. The molecule has 0 heteroatoms. The van der Waals surface area contributed by atoms with Gasteiger partial charge < -0.3 is 0 Å². The highest BCUT2D eigenvalue weighted by Crippen LogP contribution is 2.21. The summed E-state index contributed by atoms with van der Waals surface area (Å²) in [6.45, 7) is 9.22. The summed E-state index contributed by atoms with van der Waals surface area (Å²) in [5, 5.41) is 0. The number of rotatable bonds is 4. The Morgan fingerprint density at radius 3 is 1.40 bits per heavy atom. The van der Waals surface area contributed by atoms with Crippen LogP contribution < -0.4 is 0 Å². The zero-order chi connectivity index (χ0) is 7.28. The largest absolute Gasteiger partial charge is 0.0776 e. The maximum atomic E-state index is 2.36. The van der Waals surface area contributed by atoms with Gasteiger partial charge in [-0.15, -0.1) is 0 Å². The Kier molecular flexibility index (Phi) is 9.00. The molecule has 64 valence electrons. The summed E-state index contributed by atoms with van der Waals surface area (Å²) in [7, 11) is 0. The van der Waals surface area contributed by atoms with Crippen LogP contribution in [0, 0.1) is 11.8 Å². The maximum absolute atomic E-state index is 2.36. The predicted octanol–water partition coefficient (Wildman–Crippen LogP) is 4.10. The minimum Gasteiger partial charge on any atom is -0.0776 e. The minimum absolute atomic E-state index is 0. The van der Waals surface area contributed by atoms with Crippen LogP contribution in [-0.4, -0.2) is 0 Å². The molecule has 1 atom stereocenters. The zero-order valence-electron chi connectivity index (χ0n) is 7.28. The molecular weight excluding hydrogens is 120 g/mol. The lowest BCUT2D eigenvalue weighted by molar-refractivity contribution is 0.328. The quantitative estimate of drug-likeness (QED) is 0.557. The van der Waals surface area contributed by atoms with E-state index in [9.17, 15) is 0 Å². The first-order chi connectivity index (χ1) is 4.26. The third-order valence-electron chi connectivity index (χ3n) is 2.50. The van der Waals surface area contributed by atoms with E-state index in [1.807, 2.05) is 0 Å². The Hall–Kier alpha value is 0. The summed E-state index contributed by atoms with van der Waals surface area (Å²) in [5.74, 6) is 1.90. The van der Waals surface area contributed by atoms with Gasteiger partial charge in [0.2, 0.25) is 0 Å². The standard InChI is InChI=1S/C9H20.CH4/c1-5-8(4)9(6-2)7-3;/h8-9H,5-7H2,1-4H3;1H4/t8-;/m1./s1. The zero-order valence-corrected chi connectivity index (χ0v) is 7.28. The molecule has 0 saturated carbocycles. The van der Waals surface area contributed by atoms with Gasteiger partial charge in [0.15, 0.2) is 0 Å². The van der Waals surface area contributed by atoms with E-state index in [1.165, 1.54) is 19.3 Å². The van der Waals surface area contributed by atoms with Gasteiger partial charge in [0, 0.05) is 0 Å². The number of hydrogen-bond acceptors (Lipinski definition) is 0. The molecule has 0 aromatic carbocycles. The van der Waals surface area contributed by atoms with Gasteiger partial charge in [0.1, 0.15) is 0 Å². The molecule has 10 heavy (non-hydrogen) atoms. The monoisotopic (exact) mass is 144 g/mol. The van der Waals surface area contributed by atoms with Gasteiger partial charge in [-0.3, -0.25) is 0 Å². The normalized spacial score (nSPS) is 12.9. The average Bonchev–Trinajstić information content (AvgIpc) is 1.90. The smallest absolute Gasteiger partial charge is 0.0394 e. The second kappa shape index (κ2) is 7.11. The van der Waals surface area contributed by atoms with Crippen molar-refractivity contribution in [3.8, 4) is 0 Å².